The van der Waals surface area contributed by atoms with Crippen LogP contribution in [0.4, 0.5) is 14.5 Å². The second-order valence-electron chi connectivity index (χ2n) is 7.64. The van der Waals surface area contributed by atoms with Gasteiger partial charge in [0.1, 0.15) is 36.2 Å². The van der Waals surface area contributed by atoms with Gasteiger partial charge < -0.3 is 10.4 Å². The Bertz CT molecular complexity index is 1350. The van der Waals surface area contributed by atoms with E-state index in [-0.39, 0.29) is 18.0 Å². The Morgan fingerprint density at radius 1 is 1.09 bits per heavy atom. The number of halogens is 2. The molecule has 0 radical (unpaired) electrons. The van der Waals surface area contributed by atoms with Gasteiger partial charge in [0.05, 0.1) is 18.8 Å². The predicted molar refractivity (Wildman–Crippen MR) is 117 cm³/mol. The standard InChI is InChI=1S/C22H21F2N7O3/c1-2-20(32)28-16-4-6-17(7-5-16)30-14-27-31(21(30)33)11-22(34,10-29-13-25-12-26-29)18-8-3-15(23)9-19(18)24/h3-9,12-14,34H,2,10-11H2,1H3,(H,28,32). The van der Waals surface area contributed by atoms with Crippen molar-refractivity contribution in [3.63, 3.8) is 0 Å². The van der Waals surface area contributed by atoms with Crippen molar-refractivity contribution in [3.8, 4) is 5.69 Å². The quantitative estimate of drug-likeness (QED) is 0.406. The molecule has 34 heavy (non-hydrogen) atoms. The van der Waals surface area contributed by atoms with Gasteiger partial charge in [-0.25, -0.2) is 32.5 Å². The van der Waals surface area contributed by atoms with E-state index in [1.165, 1.54) is 28.2 Å². The summed E-state index contributed by atoms with van der Waals surface area (Å²) >= 11 is 0. The monoisotopic (exact) mass is 469 g/mol. The molecule has 0 spiro atoms. The first-order chi connectivity index (χ1) is 16.3. The molecule has 0 aliphatic carbocycles. The van der Waals surface area contributed by atoms with Gasteiger partial charge in [0.25, 0.3) is 0 Å². The number of hydrogen-bond donors (Lipinski definition) is 2. The molecule has 1 amide bonds. The van der Waals surface area contributed by atoms with E-state index in [0.29, 0.717) is 23.9 Å². The van der Waals surface area contributed by atoms with Crippen LogP contribution in [0.15, 0.2) is 66.2 Å². The van der Waals surface area contributed by atoms with Crippen LogP contribution >= 0.6 is 0 Å². The average molecular weight is 469 g/mol. The van der Waals surface area contributed by atoms with Crippen molar-refractivity contribution in [2.45, 2.75) is 32.0 Å². The molecule has 2 N–H and O–H groups in total. The highest BCUT2D eigenvalue weighted by Crippen LogP contribution is 2.28. The molecule has 2 heterocycles. The molecule has 2 aromatic heterocycles. The van der Waals surface area contributed by atoms with Gasteiger partial charge in [0.15, 0.2) is 0 Å². The Balaban J connectivity index is 1.65. The number of anilines is 1. The minimum atomic E-state index is -2.00. The summed E-state index contributed by atoms with van der Waals surface area (Å²) in [6, 6.07) is 9.32. The van der Waals surface area contributed by atoms with Crippen LogP contribution in [-0.4, -0.2) is 40.1 Å². The van der Waals surface area contributed by atoms with Gasteiger partial charge >= 0.3 is 5.69 Å². The molecule has 10 nitrogen and oxygen atoms in total. The molecule has 0 bridgehead atoms. The summed E-state index contributed by atoms with van der Waals surface area (Å²) in [5, 5.41) is 22.1. The molecule has 0 saturated carbocycles. The number of rotatable bonds is 8. The molecule has 4 aromatic rings. The molecular weight excluding hydrogens is 448 g/mol. The molecule has 1 unspecified atom stereocenters. The van der Waals surface area contributed by atoms with Crippen LogP contribution in [0.2, 0.25) is 0 Å². The smallest absolute Gasteiger partial charge is 0.350 e. The van der Waals surface area contributed by atoms with E-state index in [2.05, 4.69) is 20.5 Å². The molecule has 2 aromatic carbocycles. The molecule has 0 aliphatic rings. The first-order valence-electron chi connectivity index (χ1n) is 10.3. The second-order valence-corrected chi connectivity index (χ2v) is 7.64. The van der Waals surface area contributed by atoms with E-state index < -0.39 is 29.5 Å². The highest BCUT2D eigenvalue weighted by Gasteiger charge is 2.35. The summed E-state index contributed by atoms with van der Waals surface area (Å²) < 4.78 is 31.6. The van der Waals surface area contributed by atoms with Gasteiger partial charge in [-0.3, -0.25) is 4.79 Å². The lowest BCUT2D eigenvalue weighted by Crippen LogP contribution is -2.41. The number of carbonyl (C=O) groups excluding carboxylic acids is 1. The maximum atomic E-state index is 14.6. The van der Waals surface area contributed by atoms with Crippen molar-refractivity contribution < 1.29 is 18.7 Å². The fraction of sp³-hybridized carbons (Fsp3) is 0.227. The van der Waals surface area contributed by atoms with E-state index in [1.807, 2.05) is 0 Å². The molecule has 4 rings (SSSR count). The lowest BCUT2D eigenvalue weighted by atomic mass is 9.93. The molecule has 0 saturated heterocycles. The minimum absolute atomic E-state index is 0.141. The van der Waals surface area contributed by atoms with Crippen LogP contribution in [0, 0.1) is 11.6 Å². The zero-order valence-electron chi connectivity index (χ0n) is 18.1. The fourth-order valence-electron chi connectivity index (χ4n) is 3.49. The second kappa shape index (κ2) is 9.35. The zero-order valence-corrected chi connectivity index (χ0v) is 18.1. The maximum Gasteiger partial charge on any atom is 0.350 e. The van der Waals surface area contributed by atoms with Gasteiger partial charge in [-0.2, -0.15) is 10.2 Å². The Labute approximate surface area is 192 Å². The lowest BCUT2D eigenvalue weighted by Gasteiger charge is -2.28. The first kappa shape index (κ1) is 23.0. The maximum absolute atomic E-state index is 14.6. The van der Waals surface area contributed by atoms with Crippen LogP contribution < -0.4 is 11.0 Å². The Kier molecular flexibility index (Phi) is 6.32. The summed E-state index contributed by atoms with van der Waals surface area (Å²) in [7, 11) is 0. The number of nitrogens with zero attached hydrogens (tertiary/aromatic N) is 6. The zero-order chi connectivity index (χ0) is 24.3. The summed E-state index contributed by atoms with van der Waals surface area (Å²) in [6.07, 6.45) is 4.17. The lowest BCUT2D eigenvalue weighted by molar-refractivity contribution is -0.115. The van der Waals surface area contributed by atoms with Crippen molar-refractivity contribution in [2.75, 3.05) is 5.32 Å². The van der Waals surface area contributed by atoms with Gasteiger partial charge in [-0.15, -0.1) is 0 Å². The largest absolute Gasteiger partial charge is 0.381 e. The number of aliphatic hydroxyl groups is 1. The minimum Gasteiger partial charge on any atom is -0.381 e. The predicted octanol–water partition coefficient (Wildman–Crippen LogP) is 1.84. The van der Waals surface area contributed by atoms with E-state index in [1.54, 1.807) is 31.2 Å². The number of aromatic nitrogens is 6. The highest BCUT2D eigenvalue weighted by molar-refractivity contribution is 5.90. The van der Waals surface area contributed by atoms with Gasteiger partial charge in [0, 0.05) is 23.7 Å². The number of benzene rings is 2. The van der Waals surface area contributed by atoms with Crippen molar-refractivity contribution in [1.29, 1.82) is 0 Å². The number of carbonyl (C=O) groups is 1. The molecule has 12 heteroatoms. The SMILES string of the molecule is CCC(=O)Nc1ccc(-n2cnn(CC(O)(Cn3cncn3)c3ccc(F)cc3F)c2=O)cc1. The molecule has 176 valence electrons. The third-order valence-electron chi connectivity index (χ3n) is 5.22. The summed E-state index contributed by atoms with van der Waals surface area (Å²) in [6.45, 7) is 1.03. The fourth-order valence-corrected chi connectivity index (χ4v) is 3.49. The van der Waals surface area contributed by atoms with Crippen LogP contribution in [0.3, 0.4) is 0 Å². The highest BCUT2D eigenvalue weighted by atomic mass is 19.1. The first-order valence-corrected chi connectivity index (χ1v) is 10.3. The van der Waals surface area contributed by atoms with Gasteiger partial charge in [-0.05, 0) is 30.3 Å². The third kappa shape index (κ3) is 4.76. The van der Waals surface area contributed by atoms with Crippen molar-refractivity contribution in [2.24, 2.45) is 0 Å². The van der Waals surface area contributed by atoms with Crippen LogP contribution in [-0.2, 0) is 23.5 Å². The Morgan fingerprint density at radius 3 is 2.50 bits per heavy atom. The van der Waals surface area contributed by atoms with E-state index in [0.717, 1.165) is 16.8 Å². The molecule has 0 fully saturated rings. The average Bonchev–Trinajstić information content (AvgIpc) is 3.44. The third-order valence-corrected chi connectivity index (χ3v) is 5.22. The van der Waals surface area contributed by atoms with Crippen molar-refractivity contribution in [3.05, 3.63) is 89.1 Å². The molecular formula is C22H21F2N7O3. The molecule has 1 atom stereocenters. The van der Waals surface area contributed by atoms with E-state index in [4.69, 9.17) is 0 Å². The van der Waals surface area contributed by atoms with Crippen molar-refractivity contribution >= 4 is 11.6 Å². The topological polar surface area (TPSA) is 120 Å². The van der Waals surface area contributed by atoms with Gasteiger partial charge in [-0.1, -0.05) is 13.0 Å². The van der Waals surface area contributed by atoms with Crippen LogP contribution in [0.25, 0.3) is 5.69 Å². The number of nitrogens with one attached hydrogen (secondary N) is 1. The van der Waals surface area contributed by atoms with Crippen LogP contribution in [0.5, 0.6) is 0 Å². The van der Waals surface area contributed by atoms with E-state index >= 15 is 0 Å². The summed E-state index contributed by atoms with van der Waals surface area (Å²) in [5.74, 6) is -1.92. The summed E-state index contributed by atoms with van der Waals surface area (Å²) in [5.41, 5.74) is -1.77. The number of hydrogen-bond acceptors (Lipinski definition) is 6. The van der Waals surface area contributed by atoms with Crippen LogP contribution in [0.1, 0.15) is 18.9 Å². The van der Waals surface area contributed by atoms with Gasteiger partial charge in [0.2, 0.25) is 5.91 Å². The normalized spacial score (nSPS) is 12.9. The van der Waals surface area contributed by atoms with Crippen molar-refractivity contribution in [1.82, 2.24) is 29.1 Å². The molecule has 0 aliphatic heterocycles. The van der Waals surface area contributed by atoms with E-state index in [9.17, 15) is 23.5 Å². The Morgan fingerprint density at radius 2 is 1.85 bits per heavy atom. The number of amides is 1. The summed E-state index contributed by atoms with van der Waals surface area (Å²) in [4.78, 5) is 28.4. The Hall–Kier alpha value is -4.19.